The van der Waals surface area contributed by atoms with Crippen LogP contribution in [0, 0.1) is 0 Å². The van der Waals surface area contributed by atoms with Crippen LogP contribution in [0.3, 0.4) is 0 Å². The van der Waals surface area contributed by atoms with Gasteiger partial charge in [-0.15, -0.1) is 0 Å². The fourth-order valence-electron chi connectivity index (χ4n) is 1.77. The number of unbranched alkanes of at least 4 members (excludes halogenated alkanes) is 6. The second-order valence-corrected chi connectivity index (χ2v) is 4.54. The Morgan fingerprint density at radius 2 is 1.20 bits per heavy atom. The highest BCUT2D eigenvalue weighted by molar-refractivity contribution is 4.65. The second-order valence-electron chi connectivity index (χ2n) is 4.54. The predicted molar refractivity (Wildman–Crippen MR) is 63.6 cm³/mol. The van der Waals surface area contributed by atoms with Crippen LogP contribution in [0.2, 0.25) is 0 Å². The summed E-state index contributed by atoms with van der Waals surface area (Å²) < 4.78 is 13.5. The summed E-state index contributed by atoms with van der Waals surface area (Å²) in [5.74, 6) is -1.90. The lowest BCUT2D eigenvalue weighted by atomic mass is 10.0. The molecular weight excluding hydrogens is 191 g/mol. The van der Waals surface area contributed by atoms with Crippen molar-refractivity contribution in [1.29, 1.82) is 0 Å². The smallest absolute Gasteiger partial charge is 0.206 e. The maximum absolute atomic E-state index is 13.5. The van der Waals surface area contributed by atoms with Crippen LogP contribution in [0.5, 0.6) is 0 Å². The topological polar surface area (TPSA) is 20.2 Å². The first-order valence-corrected chi connectivity index (χ1v) is 6.53. The van der Waals surface area contributed by atoms with Gasteiger partial charge in [0.05, 0.1) is 0 Å². The van der Waals surface area contributed by atoms with Gasteiger partial charge in [-0.3, -0.25) is 0 Å². The van der Waals surface area contributed by atoms with Crippen molar-refractivity contribution in [1.82, 2.24) is 0 Å². The quantitative estimate of drug-likeness (QED) is 0.532. The van der Waals surface area contributed by atoms with Gasteiger partial charge in [0.15, 0.2) is 0 Å². The van der Waals surface area contributed by atoms with Crippen molar-refractivity contribution in [3.05, 3.63) is 0 Å². The third-order valence-electron chi connectivity index (χ3n) is 2.83. The molecule has 0 radical (unpaired) electrons. The molecule has 0 aliphatic carbocycles. The van der Waals surface area contributed by atoms with Crippen LogP contribution in [0.25, 0.3) is 0 Å². The number of hydrogen-bond donors (Lipinski definition) is 1. The zero-order chi connectivity index (χ0) is 11.6. The molecule has 2 heteroatoms. The molecule has 15 heavy (non-hydrogen) atoms. The minimum atomic E-state index is -1.90. The molecule has 0 amide bonds. The molecule has 1 N–H and O–H groups in total. The summed E-state index contributed by atoms with van der Waals surface area (Å²) in [7, 11) is 0. The Balaban J connectivity index is 3.38. The average molecular weight is 218 g/mol. The molecular formula is C13H27FO. The highest BCUT2D eigenvalue weighted by Crippen LogP contribution is 2.23. The van der Waals surface area contributed by atoms with Gasteiger partial charge >= 0.3 is 0 Å². The minimum Gasteiger partial charge on any atom is -0.362 e. The van der Waals surface area contributed by atoms with E-state index >= 15 is 0 Å². The zero-order valence-electron chi connectivity index (χ0n) is 10.4. The number of halogens is 1. The summed E-state index contributed by atoms with van der Waals surface area (Å²) in [6.45, 7) is 4.25. The third kappa shape index (κ3) is 10.2. The summed E-state index contributed by atoms with van der Waals surface area (Å²) in [5.41, 5.74) is 0. The monoisotopic (exact) mass is 218 g/mol. The Kier molecular flexibility index (Phi) is 9.07. The molecule has 0 heterocycles. The molecule has 0 fully saturated rings. The van der Waals surface area contributed by atoms with Gasteiger partial charge in [-0.05, 0) is 12.8 Å². The average Bonchev–Trinajstić information content (AvgIpc) is 2.17. The normalized spacial score (nSPS) is 15.2. The Hall–Kier alpha value is -0.110. The Labute approximate surface area is 94.1 Å². The fraction of sp³-hybridized carbons (Fsp3) is 1.00. The molecule has 92 valence electrons. The van der Waals surface area contributed by atoms with Crippen LogP contribution in [0.4, 0.5) is 4.39 Å². The van der Waals surface area contributed by atoms with E-state index in [0.717, 1.165) is 32.1 Å². The fourth-order valence-corrected chi connectivity index (χ4v) is 1.77. The van der Waals surface area contributed by atoms with Crippen molar-refractivity contribution in [2.45, 2.75) is 83.9 Å². The molecule has 1 atom stereocenters. The van der Waals surface area contributed by atoms with Crippen molar-refractivity contribution in [2.75, 3.05) is 0 Å². The van der Waals surface area contributed by atoms with Gasteiger partial charge < -0.3 is 5.11 Å². The lowest BCUT2D eigenvalue weighted by molar-refractivity contribution is -0.103. The number of hydrogen-bond acceptors (Lipinski definition) is 1. The highest BCUT2D eigenvalue weighted by Gasteiger charge is 2.23. The molecule has 0 aliphatic heterocycles. The van der Waals surface area contributed by atoms with E-state index in [2.05, 4.69) is 13.8 Å². The molecule has 0 aromatic carbocycles. The molecule has 0 aromatic rings. The Morgan fingerprint density at radius 3 is 1.73 bits per heavy atom. The molecule has 1 unspecified atom stereocenters. The van der Waals surface area contributed by atoms with Crippen molar-refractivity contribution in [3.63, 3.8) is 0 Å². The lowest BCUT2D eigenvalue weighted by Crippen LogP contribution is -2.21. The highest BCUT2D eigenvalue weighted by atomic mass is 19.2. The first kappa shape index (κ1) is 14.9. The number of aliphatic hydroxyl groups is 1. The van der Waals surface area contributed by atoms with E-state index in [0.29, 0.717) is 12.8 Å². The van der Waals surface area contributed by atoms with Gasteiger partial charge in [0.1, 0.15) is 0 Å². The van der Waals surface area contributed by atoms with Crippen LogP contribution in [-0.2, 0) is 0 Å². The summed E-state index contributed by atoms with van der Waals surface area (Å²) in [5, 5.41) is 9.43. The van der Waals surface area contributed by atoms with Crippen molar-refractivity contribution < 1.29 is 9.50 Å². The molecule has 1 nitrogen and oxygen atoms in total. The predicted octanol–water partition coefficient (Wildman–Crippen LogP) is 4.59. The first-order chi connectivity index (χ1) is 7.12. The van der Waals surface area contributed by atoms with Gasteiger partial charge in [0.25, 0.3) is 0 Å². The zero-order valence-corrected chi connectivity index (χ0v) is 10.4. The second kappa shape index (κ2) is 9.14. The maximum atomic E-state index is 13.5. The summed E-state index contributed by atoms with van der Waals surface area (Å²) >= 11 is 0. The van der Waals surface area contributed by atoms with E-state index in [9.17, 15) is 9.50 Å². The summed E-state index contributed by atoms with van der Waals surface area (Å²) in [4.78, 5) is 0. The molecule has 0 aromatic heterocycles. The number of rotatable bonds is 10. The van der Waals surface area contributed by atoms with Crippen LogP contribution in [-0.4, -0.2) is 11.0 Å². The third-order valence-corrected chi connectivity index (χ3v) is 2.83. The summed E-state index contributed by atoms with van der Waals surface area (Å²) in [6.07, 6.45) is 8.99. The van der Waals surface area contributed by atoms with E-state index in [1.807, 2.05) is 0 Å². The van der Waals surface area contributed by atoms with Gasteiger partial charge in [-0.25, -0.2) is 4.39 Å². The van der Waals surface area contributed by atoms with Crippen LogP contribution in [0.1, 0.15) is 78.1 Å². The Bertz CT molecular complexity index is 134. The van der Waals surface area contributed by atoms with Gasteiger partial charge in [0.2, 0.25) is 5.85 Å². The minimum absolute atomic E-state index is 0.314. The Morgan fingerprint density at radius 1 is 0.800 bits per heavy atom. The molecule has 0 bridgehead atoms. The van der Waals surface area contributed by atoms with Crippen LogP contribution >= 0.6 is 0 Å². The molecule has 0 aliphatic rings. The molecule has 0 saturated heterocycles. The molecule has 0 spiro atoms. The molecule has 0 rings (SSSR count). The van der Waals surface area contributed by atoms with Gasteiger partial charge in [-0.1, -0.05) is 52.4 Å². The van der Waals surface area contributed by atoms with Gasteiger partial charge in [0, 0.05) is 12.8 Å². The van der Waals surface area contributed by atoms with Crippen LogP contribution < -0.4 is 0 Å². The van der Waals surface area contributed by atoms with E-state index in [4.69, 9.17) is 0 Å². The van der Waals surface area contributed by atoms with Crippen molar-refractivity contribution >= 4 is 0 Å². The number of alkyl halides is 1. The largest absolute Gasteiger partial charge is 0.362 e. The standard InChI is InChI=1S/C13H27FO/c1-3-5-7-8-10-12-13(14,15)11-9-6-4-2/h15H,3-12H2,1-2H3. The lowest BCUT2D eigenvalue weighted by Gasteiger charge is -2.18. The van der Waals surface area contributed by atoms with Gasteiger partial charge in [-0.2, -0.15) is 0 Å². The molecule has 0 saturated carbocycles. The van der Waals surface area contributed by atoms with E-state index < -0.39 is 5.85 Å². The van der Waals surface area contributed by atoms with E-state index in [1.165, 1.54) is 19.3 Å². The van der Waals surface area contributed by atoms with E-state index in [1.54, 1.807) is 0 Å². The van der Waals surface area contributed by atoms with E-state index in [-0.39, 0.29) is 0 Å². The van der Waals surface area contributed by atoms with Crippen molar-refractivity contribution in [2.24, 2.45) is 0 Å². The maximum Gasteiger partial charge on any atom is 0.206 e. The first-order valence-electron chi connectivity index (χ1n) is 6.53. The summed E-state index contributed by atoms with van der Waals surface area (Å²) in [6, 6.07) is 0. The SMILES string of the molecule is CCCCCCCC(O)(F)CCCCC. The van der Waals surface area contributed by atoms with Crippen LogP contribution in [0.15, 0.2) is 0 Å². The van der Waals surface area contributed by atoms with Crippen molar-refractivity contribution in [3.8, 4) is 0 Å².